The fourth-order valence-corrected chi connectivity index (χ4v) is 0.886. The SMILES string of the molecule is CC=N/C(=C(\C)O)c1cn[nH]c1. The van der Waals surface area contributed by atoms with E-state index in [0.29, 0.717) is 5.70 Å². The fraction of sp³-hybridized carbons (Fsp3) is 0.250. The van der Waals surface area contributed by atoms with Crippen LogP contribution in [0.1, 0.15) is 19.4 Å². The van der Waals surface area contributed by atoms with E-state index in [1.165, 1.54) is 0 Å². The molecule has 1 aromatic heterocycles. The highest BCUT2D eigenvalue weighted by atomic mass is 16.3. The van der Waals surface area contributed by atoms with Crippen LogP contribution in [-0.2, 0) is 0 Å². The number of H-pyrrole nitrogens is 1. The van der Waals surface area contributed by atoms with E-state index in [2.05, 4.69) is 15.2 Å². The molecule has 0 radical (unpaired) electrons. The molecule has 1 rings (SSSR count). The zero-order valence-corrected chi connectivity index (χ0v) is 7.07. The van der Waals surface area contributed by atoms with Gasteiger partial charge in [-0.05, 0) is 13.8 Å². The Morgan fingerprint density at radius 1 is 1.75 bits per heavy atom. The summed E-state index contributed by atoms with van der Waals surface area (Å²) in [6.07, 6.45) is 4.92. The Morgan fingerprint density at radius 3 is 2.92 bits per heavy atom. The number of hydrogen-bond donors (Lipinski definition) is 2. The fourth-order valence-electron chi connectivity index (χ4n) is 0.886. The first-order valence-corrected chi connectivity index (χ1v) is 3.63. The summed E-state index contributed by atoms with van der Waals surface area (Å²) >= 11 is 0. The molecule has 12 heavy (non-hydrogen) atoms. The number of aliphatic imine (C=N–C) groups is 1. The second-order valence-electron chi connectivity index (χ2n) is 2.31. The van der Waals surface area contributed by atoms with Crippen molar-refractivity contribution < 1.29 is 5.11 Å². The van der Waals surface area contributed by atoms with Gasteiger partial charge < -0.3 is 5.11 Å². The quantitative estimate of drug-likeness (QED) is 0.518. The number of rotatable bonds is 2. The number of hydrogen-bond acceptors (Lipinski definition) is 3. The van der Waals surface area contributed by atoms with Crippen molar-refractivity contribution >= 4 is 11.9 Å². The second kappa shape index (κ2) is 3.71. The van der Waals surface area contributed by atoms with Gasteiger partial charge in [-0.2, -0.15) is 5.10 Å². The monoisotopic (exact) mass is 165 g/mol. The molecule has 2 N–H and O–H groups in total. The lowest BCUT2D eigenvalue weighted by Crippen LogP contribution is -1.83. The molecule has 0 spiro atoms. The van der Waals surface area contributed by atoms with Crippen LogP contribution in [0.25, 0.3) is 5.70 Å². The number of aromatic amines is 1. The number of nitrogens with zero attached hydrogens (tertiary/aromatic N) is 2. The molecular formula is C8H11N3O. The first-order valence-electron chi connectivity index (χ1n) is 3.63. The van der Waals surface area contributed by atoms with Gasteiger partial charge in [-0.25, -0.2) is 0 Å². The Labute approximate surface area is 70.7 Å². The molecule has 0 saturated heterocycles. The summed E-state index contributed by atoms with van der Waals surface area (Å²) in [4.78, 5) is 4.01. The van der Waals surface area contributed by atoms with Crippen LogP contribution in [0.15, 0.2) is 23.1 Å². The normalized spacial score (nSPS) is 13.5. The summed E-state index contributed by atoms with van der Waals surface area (Å²) < 4.78 is 0. The smallest absolute Gasteiger partial charge is 0.115 e. The Bertz CT molecular complexity index is 294. The third kappa shape index (κ3) is 1.72. The van der Waals surface area contributed by atoms with Gasteiger partial charge in [0.15, 0.2) is 0 Å². The molecule has 0 amide bonds. The van der Waals surface area contributed by atoms with Crippen LogP contribution < -0.4 is 0 Å². The van der Waals surface area contributed by atoms with Gasteiger partial charge in [-0.3, -0.25) is 10.1 Å². The lowest BCUT2D eigenvalue weighted by molar-refractivity contribution is 0.416. The minimum absolute atomic E-state index is 0.189. The van der Waals surface area contributed by atoms with Crippen molar-refractivity contribution in [1.82, 2.24) is 10.2 Å². The van der Waals surface area contributed by atoms with Gasteiger partial charge in [-0.1, -0.05) is 0 Å². The summed E-state index contributed by atoms with van der Waals surface area (Å²) in [6.45, 7) is 3.39. The molecule has 0 fully saturated rings. The molecular weight excluding hydrogens is 154 g/mol. The first-order chi connectivity index (χ1) is 5.75. The average molecular weight is 165 g/mol. The summed E-state index contributed by atoms with van der Waals surface area (Å²) in [5.41, 5.74) is 1.33. The number of aromatic nitrogens is 2. The zero-order chi connectivity index (χ0) is 8.97. The van der Waals surface area contributed by atoms with E-state index in [9.17, 15) is 5.11 Å². The maximum absolute atomic E-state index is 9.24. The Hall–Kier alpha value is -1.58. The van der Waals surface area contributed by atoms with Gasteiger partial charge >= 0.3 is 0 Å². The molecule has 4 nitrogen and oxygen atoms in total. The van der Waals surface area contributed by atoms with Gasteiger partial charge in [0.2, 0.25) is 0 Å². The van der Waals surface area contributed by atoms with Crippen molar-refractivity contribution in [3.63, 3.8) is 0 Å². The average Bonchev–Trinajstić information content (AvgIpc) is 2.51. The molecule has 1 aromatic rings. The van der Waals surface area contributed by atoms with Crippen molar-refractivity contribution in [1.29, 1.82) is 0 Å². The molecule has 64 valence electrons. The molecule has 4 heteroatoms. The van der Waals surface area contributed by atoms with Crippen molar-refractivity contribution in [3.05, 3.63) is 23.7 Å². The van der Waals surface area contributed by atoms with Gasteiger partial charge in [0, 0.05) is 18.0 Å². The van der Waals surface area contributed by atoms with Crippen LogP contribution in [0.3, 0.4) is 0 Å². The third-order valence-electron chi connectivity index (χ3n) is 1.37. The van der Waals surface area contributed by atoms with E-state index in [1.54, 1.807) is 32.5 Å². The molecule has 0 unspecified atom stereocenters. The minimum atomic E-state index is 0.189. The minimum Gasteiger partial charge on any atom is -0.510 e. The molecule has 0 bridgehead atoms. The molecule has 0 aliphatic carbocycles. The Kier molecular flexibility index (Phi) is 2.63. The van der Waals surface area contributed by atoms with Gasteiger partial charge in [0.25, 0.3) is 0 Å². The molecule has 0 atom stereocenters. The van der Waals surface area contributed by atoms with E-state index in [1.807, 2.05) is 0 Å². The Morgan fingerprint density at radius 2 is 2.50 bits per heavy atom. The lowest BCUT2D eigenvalue weighted by atomic mass is 10.2. The first kappa shape index (κ1) is 8.52. The van der Waals surface area contributed by atoms with Crippen molar-refractivity contribution in [2.24, 2.45) is 4.99 Å². The van der Waals surface area contributed by atoms with Crippen LogP contribution in [0.5, 0.6) is 0 Å². The highest BCUT2D eigenvalue weighted by molar-refractivity contribution is 5.72. The van der Waals surface area contributed by atoms with E-state index < -0.39 is 0 Å². The van der Waals surface area contributed by atoms with Crippen LogP contribution >= 0.6 is 0 Å². The third-order valence-corrected chi connectivity index (χ3v) is 1.37. The van der Waals surface area contributed by atoms with Gasteiger partial charge in [0.05, 0.1) is 6.20 Å². The van der Waals surface area contributed by atoms with E-state index in [4.69, 9.17) is 0 Å². The second-order valence-corrected chi connectivity index (χ2v) is 2.31. The summed E-state index contributed by atoms with van der Waals surface area (Å²) in [5, 5.41) is 15.7. The van der Waals surface area contributed by atoms with Crippen LogP contribution in [0.4, 0.5) is 0 Å². The van der Waals surface area contributed by atoms with Crippen molar-refractivity contribution in [2.75, 3.05) is 0 Å². The predicted octanol–water partition coefficient (Wildman–Crippen LogP) is 1.75. The predicted molar refractivity (Wildman–Crippen MR) is 48.0 cm³/mol. The summed E-state index contributed by atoms with van der Waals surface area (Å²) in [7, 11) is 0. The molecule has 0 aliphatic rings. The molecule has 0 aliphatic heterocycles. The largest absolute Gasteiger partial charge is 0.510 e. The van der Waals surface area contributed by atoms with E-state index in [-0.39, 0.29) is 5.76 Å². The van der Waals surface area contributed by atoms with E-state index >= 15 is 0 Å². The van der Waals surface area contributed by atoms with Crippen LogP contribution in [0.2, 0.25) is 0 Å². The standard InChI is InChI=1S/C8H11N3O/c1-3-9-8(6(2)12)7-4-10-11-5-7/h3-5,12H,1-2H3,(H,10,11)/b8-6+,9-3?. The lowest BCUT2D eigenvalue weighted by Gasteiger charge is -1.97. The van der Waals surface area contributed by atoms with E-state index in [0.717, 1.165) is 5.56 Å². The van der Waals surface area contributed by atoms with Gasteiger partial charge in [-0.15, -0.1) is 0 Å². The summed E-state index contributed by atoms with van der Waals surface area (Å²) in [6, 6.07) is 0. The number of nitrogens with one attached hydrogen (secondary N) is 1. The zero-order valence-electron chi connectivity index (χ0n) is 7.07. The Balaban J connectivity index is 3.06. The van der Waals surface area contributed by atoms with Crippen LogP contribution in [0, 0.1) is 0 Å². The number of aliphatic hydroxyl groups is 1. The highest BCUT2D eigenvalue weighted by Crippen LogP contribution is 2.16. The van der Waals surface area contributed by atoms with Crippen LogP contribution in [-0.4, -0.2) is 21.5 Å². The van der Waals surface area contributed by atoms with Crippen molar-refractivity contribution in [3.8, 4) is 0 Å². The maximum atomic E-state index is 9.24. The molecule has 1 heterocycles. The topological polar surface area (TPSA) is 61.3 Å². The van der Waals surface area contributed by atoms with Gasteiger partial charge in [0.1, 0.15) is 11.5 Å². The number of allylic oxidation sites excluding steroid dienone is 1. The maximum Gasteiger partial charge on any atom is 0.115 e. The molecule has 0 aromatic carbocycles. The van der Waals surface area contributed by atoms with Crippen molar-refractivity contribution in [2.45, 2.75) is 13.8 Å². The summed E-state index contributed by atoms with van der Waals surface area (Å²) in [5.74, 6) is 0.189. The number of aliphatic hydroxyl groups excluding tert-OH is 1. The molecule has 0 saturated carbocycles. The highest BCUT2D eigenvalue weighted by Gasteiger charge is 2.03.